The maximum absolute atomic E-state index is 4.57. The molecule has 1 rings (SSSR count). The molecule has 2 N–H and O–H groups in total. The SMILES string of the molecule is CCNC(=NCCN(C)CC)NC1CC1C. The number of nitrogens with one attached hydrogen (secondary N) is 2. The Morgan fingerprint density at radius 1 is 1.44 bits per heavy atom. The molecule has 1 fully saturated rings. The van der Waals surface area contributed by atoms with Crippen molar-refractivity contribution in [2.75, 3.05) is 33.2 Å². The summed E-state index contributed by atoms with van der Waals surface area (Å²) in [6.07, 6.45) is 1.28. The third kappa shape index (κ3) is 4.84. The van der Waals surface area contributed by atoms with Crippen LogP contribution in [0.25, 0.3) is 0 Å². The number of likely N-dealkylation sites (N-methyl/N-ethyl adjacent to an activating group) is 1. The van der Waals surface area contributed by atoms with Crippen molar-refractivity contribution in [2.24, 2.45) is 10.9 Å². The largest absolute Gasteiger partial charge is 0.357 e. The lowest BCUT2D eigenvalue weighted by Gasteiger charge is -2.14. The lowest BCUT2D eigenvalue weighted by atomic mass is 10.5. The minimum absolute atomic E-state index is 0.640. The Kier molecular flexibility index (Phi) is 5.60. The molecule has 4 nitrogen and oxygen atoms in total. The number of nitrogens with zero attached hydrogens (tertiary/aromatic N) is 2. The average Bonchev–Trinajstić information content (AvgIpc) is 2.94. The first kappa shape index (κ1) is 13.3. The Morgan fingerprint density at radius 2 is 2.12 bits per heavy atom. The van der Waals surface area contributed by atoms with Crippen molar-refractivity contribution in [3.05, 3.63) is 0 Å². The van der Waals surface area contributed by atoms with Gasteiger partial charge >= 0.3 is 0 Å². The van der Waals surface area contributed by atoms with Crippen LogP contribution < -0.4 is 10.6 Å². The van der Waals surface area contributed by atoms with E-state index in [-0.39, 0.29) is 0 Å². The summed E-state index contributed by atoms with van der Waals surface area (Å²) in [4.78, 5) is 6.84. The number of hydrogen-bond acceptors (Lipinski definition) is 2. The van der Waals surface area contributed by atoms with E-state index in [9.17, 15) is 0 Å². The van der Waals surface area contributed by atoms with E-state index in [0.717, 1.165) is 38.1 Å². The predicted octanol–water partition coefficient (Wildman–Crippen LogP) is 0.902. The molecule has 94 valence electrons. The van der Waals surface area contributed by atoms with Crippen molar-refractivity contribution in [1.29, 1.82) is 0 Å². The molecule has 2 atom stereocenters. The van der Waals surface area contributed by atoms with Crippen molar-refractivity contribution in [3.8, 4) is 0 Å². The van der Waals surface area contributed by atoms with E-state index in [2.05, 4.69) is 48.3 Å². The van der Waals surface area contributed by atoms with Gasteiger partial charge in [0.1, 0.15) is 0 Å². The second-order valence-corrected chi connectivity index (χ2v) is 4.62. The number of guanidine groups is 1. The van der Waals surface area contributed by atoms with Gasteiger partial charge in [0, 0.05) is 19.1 Å². The van der Waals surface area contributed by atoms with Crippen LogP contribution in [0.1, 0.15) is 27.2 Å². The van der Waals surface area contributed by atoms with E-state index in [1.54, 1.807) is 0 Å². The first-order chi connectivity index (χ1) is 7.67. The van der Waals surface area contributed by atoms with Crippen molar-refractivity contribution in [1.82, 2.24) is 15.5 Å². The molecule has 0 amide bonds. The van der Waals surface area contributed by atoms with Crippen LogP contribution in [0.5, 0.6) is 0 Å². The van der Waals surface area contributed by atoms with Gasteiger partial charge in [0.25, 0.3) is 0 Å². The zero-order valence-corrected chi connectivity index (χ0v) is 11.1. The molecule has 0 saturated heterocycles. The Bertz CT molecular complexity index is 227. The second kappa shape index (κ2) is 6.74. The highest BCUT2D eigenvalue weighted by atomic mass is 15.2. The normalized spacial score (nSPS) is 24.7. The van der Waals surface area contributed by atoms with Crippen LogP contribution in [-0.2, 0) is 0 Å². The summed E-state index contributed by atoms with van der Waals surface area (Å²) in [5.74, 6) is 1.78. The van der Waals surface area contributed by atoms with Gasteiger partial charge in [-0.15, -0.1) is 0 Å². The van der Waals surface area contributed by atoms with E-state index < -0.39 is 0 Å². The number of rotatable bonds is 6. The van der Waals surface area contributed by atoms with Crippen molar-refractivity contribution in [2.45, 2.75) is 33.2 Å². The highest BCUT2D eigenvalue weighted by Crippen LogP contribution is 2.28. The van der Waals surface area contributed by atoms with Crippen molar-refractivity contribution >= 4 is 5.96 Å². The van der Waals surface area contributed by atoms with E-state index in [1.807, 2.05) is 0 Å². The Labute approximate surface area is 99.5 Å². The van der Waals surface area contributed by atoms with Gasteiger partial charge in [-0.3, -0.25) is 4.99 Å². The lowest BCUT2D eigenvalue weighted by molar-refractivity contribution is 0.363. The molecular weight excluding hydrogens is 200 g/mol. The van der Waals surface area contributed by atoms with Crippen LogP contribution in [0, 0.1) is 5.92 Å². The van der Waals surface area contributed by atoms with Crippen LogP contribution in [0.2, 0.25) is 0 Å². The van der Waals surface area contributed by atoms with Gasteiger partial charge in [0.15, 0.2) is 5.96 Å². The monoisotopic (exact) mass is 226 g/mol. The first-order valence-corrected chi connectivity index (χ1v) is 6.40. The molecule has 1 aliphatic carbocycles. The second-order valence-electron chi connectivity index (χ2n) is 4.62. The maximum atomic E-state index is 4.57. The summed E-state index contributed by atoms with van der Waals surface area (Å²) in [5, 5.41) is 6.74. The fourth-order valence-corrected chi connectivity index (χ4v) is 1.51. The Hall–Kier alpha value is -0.770. The Balaban J connectivity index is 2.27. The molecule has 0 heterocycles. The molecule has 0 aromatic rings. The first-order valence-electron chi connectivity index (χ1n) is 6.40. The topological polar surface area (TPSA) is 39.7 Å². The molecule has 1 saturated carbocycles. The molecule has 0 bridgehead atoms. The van der Waals surface area contributed by atoms with Crippen LogP contribution in [0.3, 0.4) is 0 Å². The maximum Gasteiger partial charge on any atom is 0.191 e. The molecule has 4 heteroatoms. The fraction of sp³-hybridized carbons (Fsp3) is 0.917. The van der Waals surface area contributed by atoms with Gasteiger partial charge in [-0.2, -0.15) is 0 Å². The summed E-state index contributed by atoms with van der Waals surface area (Å²) in [5.41, 5.74) is 0. The minimum Gasteiger partial charge on any atom is -0.357 e. The lowest BCUT2D eigenvalue weighted by Crippen LogP contribution is -2.39. The van der Waals surface area contributed by atoms with Crippen molar-refractivity contribution in [3.63, 3.8) is 0 Å². The highest BCUT2D eigenvalue weighted by Gasteiger charge is 2.33. The van der Waals surface area contributed by atoms with Gasteiger partial charge in [0.2, 0.25) is 0 Å². The highest BCUT2D eigenvalue weighted by molar-refractivity contribution is 5.80. The summed E-state index contributed by atoms with van der Waals surface area (Å²) in [6.45, 7) is 10.4. The third-order valence-electron chi connectivity index (χ3n) is 3.07. The predicted molar refractivity (Wildman–Crippen MR) is 69.9 cm³/mol. The molecule has 16 heavy (non-hydrogen) atoms. The van der Waals surface area contributed by atoms with E-state index in [0.29, 0.717) is 6.04 Å². The third-order valence-corrected chi connectivity index (χ3v) is 3.07. The summed E-state index contributed by atoms with van der Waals surface area (Å²) in [6, 6.07) is 0.640. The molecule has 0 aliphatic heterocycles. The summed E-state index contributed by atoms with van der Waals surface area (Å²) < 4.78 is 0. The molecular formula is C12H26N4. The van der Waals surface area contributed by atoms with E-state index in [1.165, 1.54) is 6.42 Å². The van der Waals surface area contributed by atoms with Gasteiger partial charge in [-0.25, -0.2) is 0 Å². The van der Waals surface area contributed by atoms with E-state index >= 15 is 0 Å². The fourth-order valence-electron chi connectivity index (χ4n) is 1.51. The number of aliphatic imine (C=N–C) groups is 1. The minimum atomic E-state index is 0.640. The quantitative estimate of drug-likeness (QED) is 0.522. The van der Waals surface area contributed by atoms with Crippen molar-refractivity contribution < 1.29 is 0 Å². The van der Waals surface area contributed by atoms with Gasteiger partial charge in [-0.1, -0.05) is 13.8 Å². The standard InChI is InChI=1S/C12H26N4/c1-5-13-12(15-11-9-10(11)3)14-7-8-16(4)6-2/h10-11H,5-9H2,1-4H3,(H2,13,14,15). The van der Waals surface area contributed by atoms with Gasteiger partial charge < -0.3 is 15.5 Å². The van der Waals surface area contributed by atoms with Gasteiger partial charge in [-0.05, 0) is 32.9 Å². The van der Waals surface area contributed by atoms with Crippen LogP contribution >= 0.6 is 0 Å². The van der Waals surface area contributed by atoms with Gasteiger partial charge in [0.05, 0.1) is 6.54 Å². The molecule has 0 aromatic carbocycles. The van der Waals surface area contributed by atoms with E-state index in [4.69, 9.17) is 0 Å². The smallest absolute Gasteiger partial charge is 0.191 e. The average molecular weight is 226 g/mol. The molecule has 0 radical (unpaired) electrons. The molecule has 0 spiro atoms. The Morgan fingerprint density at radius 3 is 2.62 bits per heavy atom. The zero-order valence-electron chi connectivity index (χ0n) is 11.1. The molecule has 0 aromatic heterocycles. The van der Waals surface area contributed by atoms with Crippen LogP contribution in [0.15, 0.2) is 4.99 Å². The molecule has 2 unspecified atom stereocenters. The van der Waals surface area contributed by atoms with Crippen LogP contribution in [0.4, 0.5) is 0 Å². The van der Waals surface area contributed by atoms with Crippen LogP contribution in [-0.4, -0.2) is 50.1 Å². The number of hydrogen-bond donors (Lipinski definition) is 2. The molecule has 1 aliphatic rings. The summed E-state index contributed by atoms with van der Waals surface area (Å²) in [7, 11) is 2.12. The zero-order chi connectivity index (χ0) is 12.0. The summed E-state index contributed by atoms with van der Waals surface area (Å²) >= 11 is 0.